The molecule has 0 aliphatic heterocycles. The number of benzene rings is 2. The van der Waals surface area contributed by atoms with Crippen molar-refractivity contribution in [2.75, 3.05) is 0 Å². The molecular weight excluding hydrogens is 301 g/mol. The van der Waals surface area contributed by atoms with Crippen molar-refractivity contribution >= 4 is 5.69 Å². The average Bonchev–Trinajstić information content (AvgIpc) is 2.47. The maximum atomic E-state index is 13.7. The molecule has 0 fully saturated rings. The minimum absolute atomic E-state index is 0.0454. The molecule has 2 aromatic rings. The van der Waals surface area contributed by atoms with Gasteiger partial charge < -0.3 is 4.74 Å². The second-order valence-corrected chi connectivity index (χ2v) is 4.26. The summed E-state index contributed by atoms with van der Waals surface area (Å²) in [4.78, 5) is 9.86. The molecule has 0 saturated heterocycles. The monoisotopic (exact) mass is 308 g/mol. The van der Waals surface area contributed by atoms with E-state index >= 15 is 0 Å². The van der Waals surface area contributed by atoms with Crippen molar-refractivity contribution in [3.8, 4) is 17.6 Å². The summed E-state index contributed by atoms with van der Waals surface area (Å²) in [7, 11) is 0. The Hall–Kier alpha value is -3.08. The number of ether oxygens (including phenoxy) is 1. The lowest BCUT2D eigenvalue weighted by atomic mass is 10.1. The van der Waals surface area contributed by atoms with E-state index in [0.717, 1.165) is 18.2 Å². The summed E-state index contributed by atoms with van der Waals surface area (Å²) in [6, 6.07) is 4.91. The molecule has 0 amide bonds. The third kappa shape index (κ3) is 2.69. The van der Waals surface area contributed by atoms with Gasteiger partial charge in [0, 0.05) is 17.7 Å². The second kappa shape index (κ2) is 5.73. The van der Waals surface area contributed by atoms with Crippen molar-refractivity contribution in [1.29, 1.82) is 5.26 Å². The number of nitro benzene ring substituents is 1. The average molecular weight is 308 g/mol. The Balaban J connectivity index is 2.57. The molecule has 0 spiro atoms. The number of halogens is 3. The first-order valence-electron chi connectivity index (χ1n) is 5.85. The molecule has 0 radical (unpaired) electrons. The van der Waals surface area contributed by atoms with Crippen molar-refractivity contribution in [2.45, 2.75) is 6.92 Å². The van der Waals surface area contributed by atoms with Crippen LogP contribution in [-0.4, -0.2) is 4.92 Å². The Morgan fingerprint density at radius 2 is 1.91 bits per heavy atom. The summed E-state index contributed by atoms with van der Waals surface area (Å²) >= 11 is 0. The first-order chi connectivity index (χ1) is 10.3. The summed E-state index contributed by atoms with van der Waals surface area (Å²) < 4.78 is 45.5. The van der Waals surface area contributed by atoms with Gasteiger partial charge in [-0.3, -0.25) is 10.1 Å². The zero-order valence-electron chi connectivity index (χ0n) is 11.1. The van der Waals surface area contributed by atoms with Gasteiger partial charge in [-0.1, -0.05) is 0 Å². The van der Waals surface area contributed by atoms with Gasteiger partial charge in [0.25, 0.3) is 0 Å². The first kappa shape index (κ1) is 15.3. The lowest BCUT2D eigenvalue weighted by molar-refractivity contribution is -0.385. The van der Waals surface area contributed by atoms with Crippen molar-refractivity contribution in [3.05, 3.63) is 63.0 Å². The quantitative estimate of drug-likeness (QED) is 0.634. The largest absolute Gasteiger partial charge is 0.447 e. The third-order valence-corrected chi connectivity index (χ3v) is 2.88. The molecule has 2 rings (SSSR count). The molecule has 0 aliphatic carbocycles. The molecule has 8 heteroatoms. The van der Waals surface area contributed by atoms with E-state index < -0.39 is 33.8 Å². The highest BCUT2D eigenvalue weighted by Crippen LogP contribution is 2.36. The van der Waals surface area contributed by atoms with Crippen molar-refractivity contribution in [2.24, 2.45) is 0 Å². The van der Waals surface area contributed by atoms with Gasteiger partial charge in [0.1, 0.15) is 11.6 Å². The molecule has 22 heavy (non-hydrogen) atoms. The van der Waals surface area contributed by atoms with Gasteiger partial charge in [0.05, 0.1) is 16.6 Å². The van der Waals surface area contributed by atoms with Crippen LogP contribution in [0.1, 0.15) is 11.1 Å². The zero-order chi connectivity index (χ0) is 16.4. The Labute approximate surface area is 122 Å². The predicted molar refractivity (Wildman–Crippen MR) is 68.9 cm³/mol. The number of hydrogen-bond donors (Lipinski definition) is 0. The van der Waals surface area contributed by atoms with Gasteiger partial charge >= 0.3 is 5.69 Å². The smallest absolute Gasteiger partial charge is 0.314 e. The topological polar surface area (TPSA) is 76.2 Å². The van der Waals surface area contributed by atoms with E-state index in [9.17, 15) is 23.3 Å². The molecule has 0 bridgehead atoms. The Bertz CT molecular complexity index is 816. The number of hydrogen-bond acceptors (Lipinski definition) is 4. The van der Waals surface area contributed by atoms with Crippen LogP contribution in [0.5, 0.6) is 11.5 Å². The molecule has 0 heterocycles. The minimum atomic E-state index is -1.58. The van der Waals surface area contributed by atoms with E-state index in [2.05, 4.69) is 0 Å². The Morgan fingerprint density at radius 3 is 2.50 bits per heavy atom. The maximum Gasteiger partial charge on any atom is 0.314 e. The highest BCUT2D eigenvalue weighted by atomic mass is 19.2. The molecule has 5 nitrogen and oxygen atoms in total. The van der Waals surface area contributed by atoms with Crippen LogP contribution in [-0.2, 0) is 0 Å². The van der Waals surface area contributed by atoms with Crippen LogP contribution >= 0.6 is 0 Å². The standard InChI is InChI=1S/C14H7F3N2O3/c1-7-8(6-18)4-9(5-11(7)16)22-14-12(19(20)21)3-2-10(15)13(14)17/h2-5H,1H3. The van der Waals surface area contributed by atoms with Crippen LogP contribution < -0.4 is 4.74 Å². The number of nitro groups is 1. The van der Waals surface area contributed by atoms with Crippen LogP contribution in [0.15, 0.2) is 24.3 Å². The molecule has 0 atom stereocenters. The van der Waals surface area contributed by atoms with E-state index in [1.165, 1.54) is 6.92 Å². The van der Waals surface area contributed by atoms with Crippen LogP contribution in [0.2, 0.25) is 0 Å². The van der Waals surface area contributed by atoms with Gasteiger partial charge in [0.15, 0.2) is 5.82 Å². The fourth-order valence-corrected chi connectivity index (χ4v) is 1.71. The normalized spacial score (nSPS) is 10.1. The van der Waals surface area contributed by atoms with Crippen LogP contribution in [0.3, 0.4) is 0 Å². The molecule has 0 unspecified atom stereocenters. The summed E-state index contributed by atoms with van der Waals surface area (Å²) in [5.41, 5.74) is -0.864. The zero-order valence-corrected chi connectivity index (χ0v) is 11.1. The van der Waals surface area contributed by atoms with E-state index in [1.807, 2.05) is 0 Å². The van der Waals surface area contributed by atoms with E-state index in [1.54, 1.807) is 6.07 Å². The fourth-order valence-electron chi connectivity index (χ4n) is 1.71. The van der Waals surface area contributed by atoms with Gasteiger partial charge in [-0.05, 0) is 19.1 Å². The molecule has 0 aliphatic rings. The van der Waals surface area contributed by atoms with Crippen molar-refractivity contribution in [3.63, 3.8) is 0 Å². The Morgan fingerprint density at radius 1 is 1.23 bits per heavy atom. The summed E-state index contributed by atoms with van der Waals surface area (Å²) in [6.07, 6.45) is 0. The van der Waals surface area contributed by atoms with E-state index in [0.29, 0.717) is 6.07 Å². The van der Waals surface area contributed by atoms with Crippen LogP contribution in [0.4, 0.5) is 18.9 Å². The van der Waals surface area contributed by atoms with Gasteiger partial charge in [-0.2, -0.15) is 9.65 Å². The third-order valence-electron chi connectivity index (χ3n) is 2.88. The lowest BCUT2D eigenvalue weighted by Crippen LogP contribution is -1.99. The SMILES string of the molecule is Cc1c(F)cc(Oc2c([N+](=O)[O-])ccc(F)c2F)cc1C#N. The molecule has 0 saturated carbocycles. The van der Waals surface area contributed by atoms with Crippen LogP contribution in [0, 0.1) is 45.8 Å². The van der Waals surface area contributed by atoms with Crippen LogP contribution in [0.25, 0.3) is 0 Å². The van der Waals surface area contributed by atoms with Gasteiger partial charge in [0.2, 0.25) is 11.6 Å². The van der Waals surface area contributed by atoms with Gasteiger partial charge in [-0.15, -0.1) is 0 Å². The maximum absolute atomic E-state index is 13.7. The number of rotatable bonds is 3. The molecule has 0 aromatic heterocycles. The minimum Gasteiger partial charge on any atom is -0.447 e. The first-order valence-corrected chi connectivity index (χ1v) is 5.85. The number of nitriles is 1. The van der Waals surface area contributed by atoms with Gasteiger partial charge in [-0.25, -0.2) is 8.78 Å². The summed E-state index contributed by atoms with van der Waals surface area (Å²) in [5.74, 6) is -5.08. The number of nitrogens with zero attached hydrogens (tertiary/aromatic N) is 2. The summed E-state index contributed by atoms with van der Waals surface area (Å²) in [5, 5.41) is 19.7. The molecule has 0 N–H and O–H groups in total. The highest BCUT2D eigenvalue weighted by Gasteiger charge is 2.24. The molecule has 112 valence electrons. The highest BCUT2D eigenvalue weighted by molar-refractivity contribution is 5.51. The predicted octanol–water partition coefficient (Wildman–Crippen LogP) is 3.98. The Kier molecular flexibility index (Phi) is 3.99. The summed E-state index contributed by atoms with van der Waals surface area (Å²) in [6.45, 7) is 1.35. The molecular formula is C14H7F3N2O3. The van der Waals surface area contributed by atoms with E-state index in [-0.39, 0.29) is 16.9 Å². The fraction of sp³-hybridized carbons (Fsp3) is 0.0714. The lowest BCUT2D eigenvalue weighted by Gasteiger charge is -2.09. The van der Waals surface area contributed by atoms with Crippen molar-refractivity contribution < 1.29 is 22.8 Å². The second-order valence-electron chi connectivity index (χ2n) is 4.26. The van der Waals surface area contributed by atoms with E-state index in [4.69, 9.17) is 10.00 Å². The van der Waals surface area contributed by atoms with Crippen molar-refractivity contribution in [1.82, 2.24) is 0 Å². The molecule has 2 aromatic carbocycles.